The molecule has 1 amide bonds. The van der Waals surface area contributed by atoms with Gasteiger partial charge in [0, 0.05) is 18.3 Å². The molecule has 0 aliphatic rings. The number of aromatic nitrogens is 1. The average molecular weight is 439 g/mol. The summed E-state index contributed by atoms with van der Waals surface area (Å²) in [7, 11) is 0. The van der Waals surface area contributed by atoms with E-state index >= 15 is 0 Å². The van der Waals surface area contributed by atoms with Crippen molar-refractivity contribution in [3.8, 4) is 0 Å². The van der Waals surface area contributed by atoms with Crippen LogP contribution in [-0.4, -0.2) is 23.4 Å². The number of benzene rings is 1. The number of pyridine rings is 1. The van der Waals surface area contributed by atoms with E-state index in [0.717, 1.165) is 11.3 Å². The van der Waals surface area contributed by atoms with Crippen molar-refractivity contribution in [2.45, 2.75) is 20.3 Å². The van der Waals surface area contributed by atoms with Gasteiger partial charge in [-0.25, -0.2) is 4.98 Å². The number of carbonyl (C=O) groups is 1. The first-order valence-electron chi connectivity index (χ1n) is 7.39. The number of aryl methyl sites for hydroxylation is 2. The van der Waals surface area contributed by atoms with Gasteiger partial charge < -0.3 is 16.4 Å². The SMILES string of the molecule is Cc1ccc(NC(N)=NCCC(=O)Nc2ccc(C)cn2)cc1.I. The maximum Gasteiger partial charge on any atom is 0.227 e. The fraction of sp³-hybridized carbons (Fsp3) is 0.235. The van der Waals surface area contributed by atoms with Gasteiger partial charge in [0.25, 0.3) is 0 Å². The molecule has 2 rings (SSSR count). The van der Waals surface area contributed by atoms with E-state index < -0.39 is 0 Å². The second kappa shape index (κ2) is 9.86. The second-order valence-electron chi connectivity index (χ2n) is 5.28. The molecule has 0 radical (unpaired) electrons. The average Bonchev–Trinajstić information content (AvgIpc) is 2.52. The number of guanidine groups is 1. The Balaban J connectivity index is 0.00000288. The molecule has 128 valence electrons. The number of nitrogens with zero attached hydrogens (tertiary/aromatic N) is 2. The summed E-state index contributed by atoms with van der Waals surface area (Å²) in [5.74, 6) is 0.679. The van der Waals surface area contributed by atoms with Crippen LogP contribution in [0.1, 0.15) is 17.5 Å². The van der Waals surface area contributed by atoms with E-state index in [0.29, 0.717) is 12.4 Å². The summed E-state index contributed by atoms with van der Waals surface area (Å²) in [5, 5.41) is 5.70. The number of aliphatic imine (C=N–C) groups is 1. The van der Waals surface area contributed by atoms with Crippen LogP contribution >= 0.6 is 24.0 Å². The molecule has 24 heavy (non-hydrogen) atoms. The van der Waals surface area contributed by atoms with Crippen LogP contribution in [0.25, 0.3) is 0 Å². The van der Waals surface area contributed by atoms with Crippen molar-refractivity contribution in [3.63, 3.8) is 0 Å². The minimum Gasteiger partial charge on any atom is -0.370 e. The molecule has 7 heteroatoms. The predicted molar refractivity (Wildman–Crippen MR) is 109 cm³/mol. The highest BCUT2D eigenvalue weighted by molar-refractivity contribution is 14.0. The summed E-state index contributed by atoms with van der Waals surface area (Å²) in [6.45, 7) is 4.27. The lowest BCUT2D eigenvalue weighted by Gasteiger charge is -2.06. The third-order valence-corrected chi connectivity index (χ3v) is 3.12. The number of rotatable bonds is 5. The maximum absolute atomic E-state index is 11.8. The zero-order valence-electron chi connectivity index (χ0n) is 13.7. The Bertz CT molecular complexity index is 683. The van der Waals surface area contributed by atoms with Crippen molar-refractivity contribution < 1.29 is 4.79 Å². The molecule has 0 bridgehead atoms. The van der Waals surface area contributed by atoms with Crippen molar-refractivity contribution in [1.29, 1.82) is 0 Å². The van der Waals surface area contributed by atoms with Gasteiger partial charge in [-0.2, -0.15) is 0 Å². The van der Waals surface area contributed by atoms with E-state index in [1.165, 1.54) is 5.56 Å². The van der Waals surface area contributed by atoms with E-state index in [1.807, 2.05) is 44.2 Å². The zero-order valence-corrected chi connectivity index (χ0v) is 16.1. The predicted octanol–water partition coefficient (Wildman–Crippen LogP) is 3.07. The van der Waals surface area contributed by atoms with E-state index in [2.05, 4.69) is 20.6 Å². The Morgan fingerprint density at radius 2 is 1.75 bits per heavy atom. The Morgan fingerprint density at radius 3 is 2.38 bits per heavy atom. The molecule has 0 fully saturated rings. The van der Waals surface area contributed by atoms with Crippen LogP contribution in [0.3, 0.4) is 0 Å². The molecule has 4 N–H and O–H groups in total. The van der Waals surface area contributed by atoms with E-state index in [1.54, 1.807) is 12.3 Å². The first-order chi connectivity index (χ1) is 11.0. The number of nitrogens with two attached hydrogens (primary N) is 1. The molecular formula is C17H22IN5O. The van der Waals surface area contributed by atoms with Crippen LogP contribution in [-0.2, 0) is 4.79 Å². The number of nitrogens with one attached hydrogen (secondary N) is 2. The van der Waals surface area contributed by atoms with Crippen LogP contribution in [0, 0.1) is 13.8 Å². The molecule has 0 saturated heterocycles. The van der Waals surface area contributed by atoms with Gasteiger partial charge in [0.2, 0.25) is 5.91 Å². The van der Waals surface area contributed by atoms with Gasteiger partial charge in [-0.15, -0.1) is 24.0 Å². The fourth-order valence-corrected chi connectivity index (χ4v) is 1.85. The number of halogens is 1. The monoisotopic (exact) mass is 439 g/mol. The van der Waals surface area contributed by atoms with Crippen LogP contribution in [0.2, 0.25) is 0 Å². The lowest BCUT2D eigenvalue weighted by Crippen LogP contribution is -2.23. The molecule has 6 nitrogen and oxygen atoms in total. The van der Waals surface area contributed by atoms with Gasteiger partial charge in [0.1, 0.15) is 5.82 Å². The van der Waals surface area contributed by atoms with Crippen LogP contribution in [0.15, 0.2) is 47.6 Å². The Hall–Kier alpha value is -2.16. The quantitative estimate of drug-likeness (QED) is 0.379. The van der Waals surface area contributed by atoms with Crippen molar-refractivity contribution in [2.75, 3.05) is 17.2 Å². The molecule has 2 aromatic rings. The third-order valence-electron chi connectivity index (χ3n) is 3.12. The molecule has 0 saturated carbocycles. The molecule has 0 spiro atoms. The highest BCUT2D eigenvalue weighted by atomic mass is 127. The smallest absolute Gasteiger partial charge is 0.227 e. The summed E-state index contributed by atoms with van der Waals surface area (Å²) in [5.41, 5.74) is 8.88. The topological polar surface area (TPSA) is 92.4 Å². The molecule has 0 atom stereocenters. The van der Waals surface area contributed by atoms with Crippen LogP contribution in [0.4, 0.5) is 11.5 Å². The molecule has 1 heterocycles. The minimum absolute atomic E-state index is 0. The summed E-state index contributed by atoms with van der Waals surface area (Å²) in [6, 6.07) is 11.5. The molecular weight excluding hydrogens is 417 g/mol. The van der Waals surface area contributed by atoms with Crippen molar-refractivity contribution in [2.24, 2.45) is 10.7 Å². The molecule has 1 aromatic carbocycles. The molecule has 0 aliphatic carbocycles. The minimum atomic E-state index is -0.145. The summed E-state index contributed by atoms with van der Waals surface area (Å²) in [4.78, 5) is 20.1. The van der Waals surface area contributed by atoms with Crippen LogP contribution in [0.5, 0.6) is 0 Å². The second-order valence-corrected chi connectivity index (χ2v) is 5.28. The Kier molecular flexibility index (Phi) is 8.17. The number of carbonyl (C=O) groups excluding carboxylic acids is 1. The highest BCUT2D eigenvalue weighted by Crippen LogP contribution is 2.08. The van der Waals surface area contributed by atoms with Gasteiger partial charge in [-0.3, -0.25) is 9.79 Å². The fourth-order valence-electron chi connectivity index (χ4n) is 1.85. The maximum atomic E-state index is 11.8. The standard InChI is InChI=1S/C17H21N5O.HI/c1-12-3-6-14(7-4-12)21-17(18)19-10-9-16(23)22-15-8-5-13(2)11-20-15;/h3-8,11H,9-10H2,1-2H3,(H3,18,19,21)(H,20,22,23);1H. The molecule has 0 unspecified atom stereocenters. The lowest BCUT2D eigenvalue weighted by atomic mass is 10.2. The Morgan fingerprint density at radius 1 is 1.08 bits per heavy atom. The summed E-state index contributed by atoms with van der Waals surface area (Å²) >= 11 is 0. The summed E-state index contributed by atoms with van der Waals surface area (Å²) in [6.07, 6.45) is 1.95. The van der Waals surface area contributed by atoms with E-state index in [-0.39, 0.29) is 42.3 Å². The number of hydrogen-bond acceptors (Lipinski definition) is 3. The normalized spacial score (nSPS) is 10.7. The number of hydrogen-bond donors (Lipinski definition) is 3. The number of amides is 1. The van der Waals surface area contributed by atoms with Gasteiger partial charge >= 0.3 is 0 Å². The van der Waals surface area contributed by atoms with Gasteiger partial charge in [0.05, 0.1) is 6.54 Å². The van der Waals surface area contributed by atoms with Crippen molar-refractivity contribution >= 4 is 47.3 Å². The molecule has 0 aliphatic heterocycles. The Labute approximate surface area is 159 Å². The third kappa shape index (κ3) is 6.95. The van der Waals surface area contributed by atoms with Gasteiger partial charge in [-0.05, 0) is 37.6 Å². The zero-order chi connectivity index (χ0) is 16.7. The van der Waals surface area contributed by atoms with Crippen LogP contribution < -0.4 is 16.4 Å². The van der Waals surface area contributed by atoms with Gasteiger partial charge in [-0.1, -0.05) is 23.8 Å². The van der Waals surface area contributed by atoms with E-state index in [4.69, 9.17) is 5.73 Å². The first-order valence-corrected chi connectivity index (χ1v) is 7.39. The lowest BCUT2D eigenvalue weighted by molar-refractivity contribution is -0.116. The summed E-state index contributed by atoms with van der Waals surface area (Å²) < 4.78 is 0. The first kappa shape index (κ1) is 19.9. The van der Waals surface area contributed by atoms with E-state index in [9.17, 15) is 4.79 Å². The van der Waals surface area contributed by atoms with Gasteiger partial charge in [0.15, 0.2) is 5.96 Å². The highest BCUT2D eigenvalue weighted by Gasteiger charge is 2.03. The molecule has 1 aromatic heterocycles. The van der Waals surface area contributed by atoms with Crippen molar-refractivity contribution in [3.05, 3.63) is 53.7 Å². The number of anilines is 2. The largest absolute Gasteiger partial charge is 0.370 e. The van der Waals surface area contributed by atoms with Crippen molar-refractivity contribution in [1.82, 2.24) is 4.98 Å².